The number of halogens is 2. The SMILES string of the molecule is CCN(CC)C(=O)c1cccc(NC(=O)C2(C)CC2(Cl)Cl)c1. The van der Waals surface area contributed by atoms with Crippen LogP contribution >= 0.6 is 23.2 Å². The second-order valence-electron chi connectivity index (χ2n) is 5.73. The third-order valence-corrected chi connectivity index (χ3v) is 5.28. The number of anilines is 1. The van der Waals surface area contributed by atoms with Crippen molar-refractivity contribution in [2.45, 2.75) is 31.5 Å². The maximum Gasteiger partial charge on any atom is 0.253 e. The van der Waals surface area contributed by atoms with Crippen molar-refractivity contribution in [2.75, 3.05) is 18.4 Å². The average Bonchev–Trinajstić information content (AvgIpc) is 3.00. The predicted octanol–water partition coefficient (Wildman–Crippen LogP) is 3.69. The number of amides is 2. The summed E-state index contributed by atoms with van der Waals surface area (Å²) in [5.74, 6) is -0.285. The summed E-state index contributed by atoms with van der Waals surface area (Å²) in [6.45, 7) is 6.88. The van der Waals surface area contributed by atoms with Crippen LogP contribution in [0.4, 0.5) is 5.69 Å². The molecule has 1 fully saturated rings. The fraction of sp³-hybridized carbons (Fsp3) is 0.500. The smallest absolute Gasteiger partial charge is 0.253 e. The number of nitrogens with zero attached hydrogens (tertiary/aromatic N) is 1. The number of carbonyl (C=O) groups is 2. The molecule has 1 aliphatic carbocycles. The summed E-state index contributed by atoms with van der Waals surface area (Å²) < 4.78 is -1.01. The molecular formula is C16H20Cl2N2O2. The summed E-state index contributed by atoms with van der Waals surface area (Å²) in [4.78, 5) is 26.3. The summed E-state index contributed by atoms with van der Waals surface area (Å²) in [5, 5.41) is 2.79. The van der Waals surface area contributed by atoms with Gasteiger partial charge in [-0.1, -0.05) is 6.07 Å². The Morgan fingerprint density at radius 2 is 1.86 bits per heavy atom. The number of alkyl halides is 2. The number of rotatable bonds is 5. The van der Waals surface area contributed by atoms with Gasteiger partial charge < -0.3 is 10.2 Å². The van der Waals surface area contributed by atoms with Crippen molar-refractivity contribution in [2.24, 2.45) is 5.41 Å². The first-order valence-corrected chi connectivity index (χ1v) is 8.09. The number of carbonyl (C=O) groups excluding carboxylic acids is 2. The molecule has 0 aromatic heterocycles. The molecule has 2 amide bonds. The van der Waals surface area contributed by atoms with Gasteiger partial charge in [0.25, 0.3) is 5.91 Å². The Labute approximate surface area is 140 Å². The van der Waals surface area contributed by atoms with Crippen LogP contribution in [0.5, 0.6) is 0 Å². The first-order valence-electron chi connectivity index (χ1n) is 7.33. The van der Waals surface area contributed by atoms with Crippen LogP contribution in [0, 0.1) is 5.41 Å². The average molecular weight is 343 g/mol. The number of benzene rings is 1. The van der Waals surface area contributed by atoms with Crippen molar-refractivity contribution in [3.05, 3.63) is 29.8 Å². The number of hydrogen-bond acceptors (Lipinski definition) is 2. The topological polar surface area (TPSA) is 49.4 Å². The van der Waals surface area contributed by atoms with Crippen LogP contribution in [0.1, 0.15) is 37.6 Å². The summed E-state index contributed by atoms with van der Waals surface area (Å²) >= 11 is 12.0. The Balaban J connectivity index is 2.13. The molecule has 0 heterocycles. The fourth-order valence-corrected chi connectivity index (χ4v) is 3.04. The van der Waals surface area contributed by atoms with Crippen molar-refractivity contribution in [3.63, 3.8) is 0 Å². The summed E-state index contributed by atoms with van der Waals surface area (Å²) in [6.07, 6.45) is 0.424. The predicted molar refractivity (Wildman–Crippen MR) is 89.5 cm³/mol. The van der Waals surface area contributed by atoms with Gasteiger partial charge in [0.1, 0.15) is 4.33 Å². The van der Waals surface area contributed by atoms with E-state index in [1.54, 1.807) is 36.1 Å². The van der Waals surface area contributed by atoms with E-state index in [1.807, 2.05) is 13.8 Å². The zero-order chi connectivity index (χ0) is 16.5. The van der Waals surface area contributed by atoms with Crippen LogP contribution in [0.15, 0.2) is 24.3 Å². The minimum absolute atomic E-state index is 0.0530. The fourth-order valence-electron chi connectivity index (χ4n) is 2.34. The number of nitrogens with one attached hydrogen (secondary N) is 1. The first kappa shape index (κ1) is 17.1. The molecule has 1 N–H and O–H groups in total. The molecule has 0 bridgehead atoms. The Morgan fingerprint density at radius 1 is 1.27 bits per heavy atom. The summed E-state index contributed by atoms with van der Waals surface area (Å²) in [5.41, 5.74) is 0.334. The molecule has 1 atom stereocenters. The van der Waals surface area contributed by atoms with E-state index in [0.717, 1.165) is 0 Å². The normalized spacial score (nSPS) is 22.0. The van der Waals surface area contributed by atoms with E-state index in [4.69, 9.17) is 23.2 Å². The lowest BCUT2D eigenvalue weighted by atomic mass is 10.1. The van der Waals surface area contributed by atoms with E-state index in [0.29, 0.717) is 30.8 Å². The van der Waals surface area contributed by atoms with Gasteiger partial charge in [0, 0.05) is 24.3 Å². The lowest BCUT2D eigenvalue weighted by Crippen LogP contribution is -2.30. The van der Waals surface area contributed by atoms with Crippen molar-refractivity contribution in [1.29, 1.82) is 0 Å². The third kappa shape index (κ3) is 3.08. The van der Waals surface area contributed by atoms with Gasteiger partial charge in [-0.3, -0.25) is 9.59 Å². The van der Waals surface area contributed by atoms with Gasteiger partial charge in [0.05, 0.1) is 5.41 Å². The van der Waals surface area contributed by atoms with E-state index >= 15 is 0 Å². The van der Waals surface area contributed by atoms with Gasteiger partial charge in [-0.15, -0.1) is 23.2 Å². The highest BCUT2D eigenvalue weighted by atomic mass is 35.5. The van der Waals surface area contributed by atoms with Crippen LogP contribution in [0.2, 0.25) is 0 Å². The van der Waals surface area contributed by atoms with Crippen LogP contribution < -0.4 is 5.32 Å². The molecule has 6 heteroatoms. The van der Waals surface area contributed by atoms with Crippen LogP contribution in [0.25, 0.3) is 0 Å². The highest BCUT2D eigenvalue weighted by Crippen LogP contribution is 2.64. The molecule has 1 aromatic carbocycles. The molecule has 1 saturated carbocycles. The lowest BCUT2D eigenvalue weighted by Gasteiger charge is -2.19. The van der Waals surface area contributed by atoms with Crippen molar-refractivity contribution >= 4 is 40.7 Å². The standard InChI is InChI=1S/C16H20Cl2N2O2/c1-4-20(5-2)13(21)11-7-6-8-12(9-11)19-14(22)15(3)10-16(15,17)18/h6-9H,4-5,10H2,1-3H3,(H,19,22). The maximum absolute atomic E-state index is 12.3. The molecule has 0 aliphatic heterocycles. The molecule has 0 radical (unpaired) electrons. The molecule has 22 heavy (non-hydrogen) atoms. The van der Waals surface area contributed by atoms with Crippen molar-refractivity contribution in [1.82, 2.24) is 4.90 Å². The molecule has 1 aromatic rings. The highest BCUT2D eigenvalue weighted by Gasteiger charge is 2.67. The minimum atomic E-state index is -1.01. The van der Waals surface area contributed by atoms with Gasteiger partial charge in [-0.2, -0.15) is 0 Å². The Bertz CT molecular complexity index is 600. The second kappa shape index (κ2) is 6.09. The zero-order valence-electron chi connectivity index (χ0n) is 13.0. The molecule has 0 saturated heterocycles. The molecule has 1 aliphatic rings. The first-order chi connectivity index (χ1) is 10.2. The Hall–Kier alpha value is -1.26. The van der Waals surface area contributed by atoms with Gasteiger partial charge in [-0.05, 0) is 45.4 Å². The Morgan fingerprint density at radius 3 is 2.36 bits per heavy atom. The zero-order valence-corrected chi connectivity index (χ0v) is 14.5. The molecule has 0 spiro atoms. The van der Waals surface area contributed by atoms with E-state index in [1.165, 1.54) is 0 Å². The quantitative estimate of drug-likeness (QED) is 0.829. The Kier molecular flexibility index (Phi) is 4.73. The number of hydrogen-bond donors (Lipinski definition) is 1. The maximum atomic E-state index is 12.3. The molecular weight excluding hydrogens is 323 g/mol. The molecule has 120 valence electrons. The minimum Gasteiger partial charge on any atom is -0.339 e. The van der Waals surface area contributed by atoms with Crippen LogP contribution in [-0.4, -0.2) is 34.1 Å². The van der Waals surface area contributed by atoms with E-state index in [-0.39, 0.29) is 11.8 Å². The highest BCUT2D eigenvalue weighted by molar-refractivity contribution is 6.53. The van der Waals surface area contributed by atoms with Crippen LogP contribution in [-0.2, 0) is 4.79 Å². The van der Waals surface area contributed by atoms with Crippen LogP contribution in [0.3, 0.4) is 0 Å². The molecule has 2 rings (SSSR count). The monoisotopic (exact) mass is 342 g/mol. The van der Waals surface area contributed by atoms with Crippen molar-refractivity contribution < 1.29 is 9.59 Å². The summed E-state index contributed by atoms with van der Waals surface area (Å²) in [7, 11) is 0. The molecule has 1 unspecified atom stereocenters. The van der Waals surface area contributed by atoms with E-state index in [2.05, 4.69) is 5.32 Å². The lowest BCUT2D eigenvalue weighted by molar-refractivity contribution is -0.120. The third-order valence-electron chi connectivity index (χ3n) is 4.18. The van der Waals surface area contributed by atoms with Gasteiger partial charge in [0.15, 0.2) is 0 Å². The van der Waals surface area contributed by atoms with E-state index < -0.39 is 9.75 Å². The van der Waals surface area contributed by atoms with Gasteiger partial charge in [0.2, 0.25) is 5.91 Å². The van der Waals surface area contributed by atoms with Gasteiger partial charge in [-0.25, -0.2) is 0 Å². The van der Waals surface area contributed by atoms with Gasteiger partial charge >= 0.3 is 0 Å². The van der Waals surface area contributed by atoms with Crippen molar-refractivity contribution in [3.8, 4) is 0 Å². The van der Waals surface area contributed by atoms with E-state index in [9.17, 15) is 9.59 Å². The molecule has 4 nitrogen and oxygen atoms in total. The largest absolute Gasteiger partial charge is 0.339 e. The second-order valence-corrected chi connectivity index (χ2v) is 7.21. The summed E-state index contributed by atoms with van der Waals surface area (Å²) in [6, 6.07) is 6.90.